The first-order valence-corrected chi connectivity index (χ1v) is 8.18. The fourth-order valence-electron chi connectivity index (χ4n) is 3.44. The third kappa shape index (κ3) is 3.07. The Hall–Kier alpha value is -0.860. The van der Waals surface area contributed by atoms with Crippen molar-refractivity contribution >= 4 is 0 Å². The predicted octanol–water partition coefficient (Wildman–Crippen LogP) is 3.38. The van der Waals surface area contributed by atoms with Crippen molar-refractivity contribution in [2.75, 3.05) is 13.2 Å². The van der Waals surface area contributed by atoms with E-state index in [1.165, 1.54) is 44.1 Å². The van der Waals surface area contributed by atoms with Gasteiger partial charge < -0.3 is 10.4 Å². The fourth-order valence-corrected chi connectivity index (χ4v) is 3.44. The van der Waals surface area contributed by atoms with Crippen molar-refractivity contribution in [1.82, 2.24) is 5.32 Å². The van der Waals surface area contributed by atoms with Gasteiger partial charge in [-0.3, -0.25) is 0 Å². The molecule has 2 nitrogen and oxygen atoms in total. The van der Waals surface area contributed by atoms with E-state index in [4.69, 9.17) is 5.11 Å². The van der Waals surface area contributed by atoms with Crippen LogP contribution < -0.4 is 5.32 Å². The molecule has 0 aliphatic heterocycles. The SMILES string of the molecule is CC(NCC1(CCO)CC1)c1ccc2c(c1)CCCC2. The minimum atomic E-state index is 0.328. The molecule has 1 aromatic rings. The number of rotatable bonds is 6. The van der Waals surface area contributed by atoms with E-state index in [0.29, 0.717) is 18.1 Å². The Kier molecular flexibility index (Phi) is 4.13. The van der Waals surface area contributed by atoms with Crippen molar-refractivity contribution in [2.24, 2.45) is 5.41 Å². The molecule has 1 saturated carbocycles. The molecule has 0 bridgehead atoms. The van der Waals surface area contributed by atoms with Gasteiger partial charge in [-0.1, -0.05) is 18.2 Å². The van der Waals surface area contributed by atoms with Crippen LogP contribution in [0.4, 0.5) is 0 Å². The second-order valence-electron chi connectivity index (χ2n) is 6.81. The van der Waals surface area contributed by atoms with Gasteiger partial charge in [0.2, 0.25) is 0 Å². The molecule has 2 aliphatic carbocycles. The molecule has 0 radical (unpaired) electrons. The summed E-state index contributed by atoms with van der Waals surface area (Å²) in [5.74, 6) is 0. The van der Waals surface area contributed by atoms with E-state index in [2.05, 4.69) is 30.4 Å². The summed E-state index contributed by atoms with van der Waals surface area (Å²) in [6, 6.07) is 7.46. The second kappa shape index (κ2) is 5.87. The summed E-state index contributed by atoms with van der Waals surface area (Å²) < 4.78 is 0. The van der Waals surface area contributed by atoms with Crippen LogP contribution in [0.1, 0.15) is 61.8 Å². The summed E-state index contributed by atoms with van der Waals surface area (Å²) in [7, 11) is 0. The predicted molar refractivity (Wildman–Crippen MR) is 82.9 cm³/mol. The van der Waals surface area contributed by atoms with Crippen molar-refractivity contribution in [3.63, 3.8) is 0 Å². The molecule has 0 aromatic heterocycles. The Morgan fingerprint density at radius 1 is 1.20 bits per heavy atom. The maximum Gasteiger partial charge on any atom is 0.0436 e. The Bertz CT molecular complexity index is 464. The number of aliphatic hydroxyl groups is 1. The zero-order chi connectivity index (χ0) is 14.0. The van der Waals surface area contributed by atoms with Gasteiger partial charge in [0, 0.05) is 19.2 Å². The molecule has 1 unspecified atom stereocenters. The maximum absolute atomic E-state index is 9.13. The van der Waals surface area contributed by atoms with Crippen molar-refractivity contribution in [1.29, 1.82) is 0 Å². The van der Waals surface area contributed by atoms with Crippen molar-refractivity contribution in [3.05, 3.63) is 34.9 Å². The van der Waals surface area contributed by atoms with Crippen molar-refractivity contribution in [3.8, 4) is 0 Å². The molecule has 110 valence electrons. The summed E-state index contributed by atoms with van der Waals surface area (Å²) in [6.45, 7) is 3.64. The molecular weight excluding hydrogens is 246 g/mol. The van der Waals surface area contributed by atoms with Gasteiger partial charge >= 0.3 is 0 Å². The first kappa shape index (κ1) is 14.1. The lowest BCUT2D eigenvalue weighted by atomic mass is 9.89. The first-order valence-electron chi connectivity index (χ1n) is 8.18. The average Bonchev–Trinajstić information content (AvgIpc) is 3.25. The Labute approximate surface area is 122 Å². The number of hydrogen-bond donors (Lipinski definition) is 2. The molecule has 0 spiro atoms. The second-order valence-corrected chi connectivity index (χ2v) is 6.81. The summed E-state index contributed by atoms with van der Waals surface area (Å²) in [5.41, 5.74) is 4.95. The maximum atomic E-state index is 9.13. The first-order chi connectivity index (χ1) is 9.72. The minimum Gasteiger partial charge on any atom is -0.396 e. The van der Waals surface area contributed by atoms with E-state index < -0.39 is 0 Å². The van der Waals surface area contributed by atoms with Crippen LogP contribution in [0.25, 0.3) is 0 Å². The van der Waals surface area contributed by atoms with Gasteiger partial charge in [-0.15, -0.1) is 0 Å². The third-order valence-corrected chi connectivity index (χ3v) is 5.26. The molecule has 1 fully saturated rings. The highest BCUT2D eigenvalue weighted by molar-refractivity contribution is 5.35. The van der Waals surface area contributed by atoms with Crippen LogP contribution in [-0.2, 0) is 12.8 Å². The highest BCUT2D eigenvalue weighted by atomic mass is 16.3. The summed E-state index contributed by atoms with van der Waals surface area (Å²) in [4.78, 5) is 0. The van der Waals surface area contributed by atoms with Gasteiger partial charge in [-0.2, -0.15) is 0 Å². The van der Waals surface area contributed by atoms with E-state index in [-0.39, 0.29) is 0 Å². The van der Waals surface area contributed by atoms with Gasteiger partial charge in [-0.05, 0) is 74.0 Å². The van der Waals surface area contributed by atoms with Crippen LogP contribution in [0.5, 0.6) is 0 Å². The van der Waals surface area contributed by atoms with E-state index in [1.54, 1.807) is 11.1 Å². The Balaban J connectivity index is 1.61. The average molecular weight is 273 g/mol. The Morgan fingerprint density at radius 3 is 2.65 bits per heavy atom. The Morgan fingerprint density at radius 2 is 1.95 bits per heavy atom. The van der Waals surface area contributed by atoms with Crippen LogP contribution in [-0.4, -0.2) is 18.3 Å². The topological polar surface area (TPSA) is 32.3 Å². The largest absolute Gasteiger partial charge is 0.396 e. The summed E-state index contributed by atoms with van der Waals surface area (Å²) in [6.07, 6.45) is 8.72. The third-order valence-electron chi connectivity index (χ3n) is 5.26. The number of benzene rings is 1. The number of fused-ring (bicyclic) bond motifs is 1. The van der Waals surface area contributed by atoms with Gasteiger partial charge in [-0.25, -0.2) is 0 Å². The van der Waals surface area contributed by atoms with Crippen LogP contribution in [0.3, 0.4) is 0 Å². The van der Waals surface area contributed by atoms with Gasteiger partial charge in [0.15, 0.2) is 0 Å². The highest BCUT2D eigenvalue weighted by Gasteiger charge is 2.41. The smallest absolute Gasteiger partial charge is 0.0436 e. The van der Waals surface area contributed by atoms with E-state index in [9.17, 15) is 0 Å². The fraction of sp³-hybridized carbons (Fsp3) is 0.667. The molecule has 2 heteroatoms. The molecule has 0 amide bonds. The highest BCUT2D eigenvalue weighted by Crippen LogP contribution is 2.48. The molecule has 20 heavy (non-hydrogen) atoms. The quantitative estimate of drug-likeness (QED) is 0.833. The normalized spacial score (nSPS) is 21.3. The van der Waals surface area contributed by atoms with Crippen molar-refractivity contribution < 1.29 is 5.11 Å². The summed E-state index contributed by atoms with van der Waals surface area (Å²) >= 11 is 0. The minimum absolute atomic E-state index is 0.328. The molecule has 1 atom stereocenters. The molecular formula is C18H27NO. The monoisotopic (exact) mass is 273 g/mol. The van der Waals surface area contributed by atoms with Crippen LogP contribution in [0.15, 0.2) is 18.2 Å². The van der Waals surface area contributed by atoms with E-state index >= 15 is 0 Å². The molecule has 0 saturated heterocycles. The number of hydrogen-bond acceptors (Lipinski definition) is 2. The van der Waals surface area contributed by atoms with E-state index in [0.717, 1.165) is 13.0 Å². The van der Waals surface area contributed by atoms with E-state index in [1.807, 2.05) is 0 Å². The molecule has 2 aliphatic rings. The standard InChI is InChI=1S/C18H27NO/c1-14(19-13-18(8-9-18)10-11-20)16-7-6-15-4-2-3-5-17(15)12-16/h6-7,12,14,19-20H,2-5,8-11,13H2,1H3. The molecule has 2 N–H and O–H groups in total. The van der Waals surface area contributed by atoms with Gasteiger partial charge in [0.25, 0.3) is 0 Å². The number of aryl methyl sites for hydroxylation is 2. The number of nitrogens with one attached hydrogen (secondary N) is 1. The lowest BCUT2D eigenvalue weighted by Crippen LogP contribution is -2.27. The summed E-state index contributed by atoms with van der Waals surface area (Å²) in [5, 5.41) is 12.8. The molecule has 1 aromatic carbocycles. The van der Waals surface area contributed by atoms with Crippen molar-refractivity contribution in [2.45, 2.75) is 57.9 Å². The van der Waals surface area contributed by atoms with Crippen LogP contribution in [0.2, 0.25) is 0 Å². The lowest BCUT2D eigenvalue weighted by molar-refractivity contribution is 0.243. The zero-order valence-electron chi connectivity index (χ0n) is 12.6. The zero-order valence-corrected chi connectivity index (χ0v) is 12.6. The van der Waals surface area contributed by atoms with Crippen LogP contribution >= 0.6 is 0 Å². The lowest BCUT2D eigenvalue weighted by Gasteiger charge is -2.22. The molecule has 3 rings (SSSR count). The van der Waals surface area contributed by atoms with Gasteiger partial charge in [0.1, 0.15) is 0 Å². The van der Waals surface area contributed by atoms with Gasteiger partial charge in [0.05, 0.1) is 0 Å². The van der Waals surface area contributed by atoms with Crippen LogP contribution in [0, 0.1) is 5.41 Å². The molecule has 0 heterocycles. The number of aliphatic hydroxyl groups excluding tert-OH is 1.